The molecule has 22 heavy (non-hydrogen) atoms. The third-order valence-electron chi connectivity index (χ3n) is 3.92. The molecule has 0 aliphatic carbocycles. The van der Waals surface area contributed by atoms with E-state index in [1.165, 1.54) is 12.8 Å². The number of rotatable bonds is 9. The fourth-order valence-corrected chi connectivity index (χ4v) is 2.60. The van der Waals surface area contributed by atoms with Crippen LogP contribution in [0.1, 0.15) is 45.4 Å². The highest BCUT2D eigenvalue weighted by atomic mass is 16.2. The molecule has 0 radical (unpaired) electrons. The second-order valence-electron chi connectivity index (χ2n) is 5.82. The zero-order chi connectivity index (χ0) is 16.2. The molecule has 1 fully saturated rings. The molecule has 1 aliphatic rings. The first-order valence-electron chi connectivity index (χ1n) is 8.57. The van der Waals surface area contributed by atoms with Gasteiger partial charge in [-0.3, -0.25) is 4.79 Å². The van der Waals surface area contributed by atoms with Gasteiger partial charge in [-0.1, -0.05) is 12.5 Å². The molecule has 1 saturated heterocycles. The second kappa shape index (κ2) is 11.1. The largest absolute Gasteiger partial charge is 0.357 e. The molecule has 1 heterocycles. The fourth-order valence-electron chi connectivity index (χ4n) is 2.60. The smallest absolute Gasteiger partial charge is 0.244 e. The summed E-state index contributed by atoms with van der Waals surface area (Å²) in [5, 5.41) is 3.27. The van der Waals surface area contributed by atoms with Crippen LogP contribution in [0, 0.1) is 0 Å². The highest BCUT2D eigenvalue weighted by Crippen LogP contribution is 2.07. The number of unbranched alkanes of at least 4 members (excludes halogenated alkanes) is 3. The summed E-state index contributed by atoms with van der Waals surface area (Å²) in [6.45, 7) is 9.61. The Bertz CT molecular complexity index is 362. The Kier molecular flexibility index (Phi) is 9.35. The summed E-state index contributed by atoms with van der Waals surface area (Å²) in [5.74, 6) is 0.978. The Labute approximate surface area is 135 Å². The molecule has 0 saturated carbocycles. The van der Waals surface area contributed by atoms with Crippen molar-refractivity contribution in [2.45, 2.75) is 45.4 Å². The number of nitrogens with one attached hydrogen (secondary N) is 1. The fraction of sp³-hybridized carbons (Fsp3) is 0.765. The number of nitrogens with zero attached hydrogens (tertiary/aromatic N) is 3. The maximum absolute atomic E-state index is 12.1. The lowest BCUT2D eigenvalue weighted by molar-refractivity contribution is -0.128. The lowest BCUT2D eigenvalue weighted by Crippen LogP contribution is -2.40. The van der Waals surface area contributed by atoms with Crippen LogP contribution in [0.4, 0.5) is 0 Å². The highest BCUT2D eigenvalue weighted by molar-refractivity contribution is 5.85. The van der Waals surface area contributed by atoms with E-state index in [1.54, 1.807) is 0 Å². The summed E-state index contributed by atoms with van der Waals surface area (Å²) < 4.78 is 0. The number of aliphatic imine (C=N–C) groups is 1. The first-order valence-corrected chi connectivity index (χ1v) is 8.57. The topological polar surface area (TPSA) is 47.9 Å². The summed E-state index contributed by atoms with van der Waals surface area (Å²) >= 11 is 0. The minimum atomic E-state index is 0.146. The van der Waals surface area contributed by atoms with Crippen LogP contribution < -0.4 is 5.32 Å². The van der Waals surface area contributed by atoms with Gasteiger partial charge in [0.2, 0.25) is 5.91 Å². The Morgan fingerprint density at radius 2 is 2.05 bits per heavy atom. The maximum Gasteiger partial charge on any atom is 0.244 e. The van der Waals surface area contributed by atoms with Crippen LogP contribution in [-0.4, -0.2) is 61.4 Å². The molecule has 0 aromatic heterocycles. The number of hydrogen-bond acceptors (Lipinski definition) is 2. The lowest BCUT2D eigenvalue weighted by Gasteiger charge is -2.22. The van der Waals surface area contributed by atoms with Crippen molar-refractivity contribution in [3.8, 4) is 0 Å². The summed E-state index contributed by atoms with van der Waals surface area (Å²) in [6, 6.07) is 0. The molecule has 126 valence electrons. The van der Waals surface area contributed by atoms with E-state index in [4.69, 9.17) is 0 Å². The van der Waals surface area contributed by atoms with Gasteiger partial charge in [-0.15, -0.1) is 6.58 Å². The molecule has 5 nitrogen and oxygen atoms in total. The van der Waals surface area contributed by atoms with E-state index < -0.39 is 0 Å². The van der Waals surface area contributed by atoms with Crippen molar-refractivity contribution in [2.75, 3.05) is 39.8 Å². The van der Waals surface area contributed by atoms with Gasteiger partial charge in [0.1, 0.15) is 6.54 Å². The SMILES string of the molecule is C=CCCCCCN(C)C(=NCC(=O)N1CCCC1)NCC. The summed E-state index contributed by atoms with van der Waals surface area (Å²) in [5.41, 5.74) is 0. The molecular weight excluding hydrogens is 276 g/mol. The third-order valence-corrected chi connectivity index (χ3v) is 3.92. The predicted octanol–water partition coefficient (Wildman–Crippen LogP) is 2.25. The Morgan fingerprint density at radius 1 is 1.32 bits per heavy atom. The molecule has 1 amide bonds. The van der Waals surface area contributed by atoms with E-state index >= 15 is 0 Å². The summed E-state index contributed by atoms with van der Waals surface area (Å²) in [7, 11) is 2.04. The molecule has 0 atom stereocenters. The van der Waals surface area contributed by atoms with Gasteiger partial charge in [-0.2, -0.15) is 0 Å². The Morgan fingerprint density at radius 3 is 2.68 bits per heavy atom. The average Bonchev–Trinajstić information content (AvgIpc) is 3.05. The molecule has 0 unspecified atom stereocenters. The summed E-state index contributed by atoms with van der Waals surface area (Å²) in [4.78, 5) is 20.6. The number of carbonyl (C=O) groups excluding carboxylic acids is 1. The molecule has 1 aliphatic heterocycles. The zero-order valence-electron chi connectivity index (χ0n) is 14.3. The normalized spacial score (nSPS) is 15.0. The van der Waals surface area contributed by atoms with Crippen molar-refractivity contribution >= 4 is 11.9 Å². The van der Waals surface area contributed by atoms with E-state index in [0.717, 1.165) is 57.8 Å². The van der Waals surface area contributed by atoms with Crippen molar-refractivity contribution in [3.05, 3.63) is 12.7 Å². The second-order valence-corrected chi connectivity index (χ2v) is 5.82. The van der Waals surface area contributed by atoms with Gasteiger partial charge < -0.3 is 15.1 Å². The van der Waals surface area contributed by atoms with Gasteiger partial charge in [0.15, 0.2) is 5.96 Å². The van der Waals surface area contributed by atoms with Crippen LogP contribution in [0.3, 0.4) is 0 Å². The van der Waals surface area contributed by atoms with E-state index in [2.05, 4.69) is 28.7 Å². The molecular formula is C17H32N4O. The molecule has 0 aromatic rings. The third kappa shape index (κ3) is 6.96. The van der Waals surface area contributed by atoms with Crippen molar-refractivity contribution < 1.29 is 4.79 Å². The first kappa shape index (κ1) is 18.5. The molecule has 0 bridgehead atoms. The van der Waals surface area contributed by atoms with Crippen LogP contribution in [0.5, 0.6) is 0 Å². The quantitative estimate of drug-likeness (QED) is 0.308. The number of carbonyl (C=O) groups is 1. The van der Waals surface area contributed by atoms with Crippen LogP contribution in [0.25, 0.3) is 0 Å². The van der Waals surface area contributed by atoms with Crippen LogP contribution in [-0.2, 0) is 4.79 Å². The van der Waals surface area contributed by atoms with E-state index in [0.29, 0.717) is 0 Å². The van der Waals surface area contributed by atoms with E-state index in [-0.39, 0.29) is 12.5 Å². The van der Waals surface area contributed by atoms with Gasteiger partial charge in [-0.05, 0) is 39.0 Å². The van der Waals surface area contributed by atoms with Crippen molar-refractivity contribution in [2.24, 2.45) is 4.99 Å². The monoisotopic (exact) mass is 308 g/mol. The van der Waals surface area contributed by atoms with Gasteiger partial charge in [-0.25, -0.2) is 4.99 Å². The minimum Gasteiger partial charge on any atom is -0.357 e. The summed E-state index contributed by atoms with van der Waals surface area (Å²) in [6.07, 6.45) is 8.83. The highest BCUT2D eigenvalue weighted by Gasteiger charge is 2.17. The maximum atomic E-state index is 12.1. The predicted molar refractivity (Wildman–Crippen MR) is 93.1 cm³/mol. The first-order chi connectivity index (χ1) is 10.7. The molecule has 5 heteroatoms. The number of guanidine groups is 1. The standard InChI is InChI=1S/C17H32N4O/c1-4-6-7-8-9-12-20(3)17(18-5-2)19-15-16(22)21-13-10-11-14-21/h4H,1,5-15H2,2-3H3,(H,18,19). The molecule has 1 rings (SSSR count). The molecule has 1 N–H and O–H groups in total. The van der Waals surface area contributed by atoms with Crippen molar-refractivity contribution in [1.29, 1.82) is 0 Å². The minimum absolute atomic E-state index is 0.146. The van der Waals surface area contributed by atoms with Crippen molar-refractivity contribution in [3.63, 3.8) is 0 Å². The Balaban J connectivity index is 2.38. The van der Waals surface area contributed by atoms with Gasteiger partial charge in [0, 0.05) is 33.2 Å². The number of amides is 1. The lowest BCUT2D eigenvalue weighted by atomic mass is 10.2. The van der Waals surface area contributed by atoms with Gasteiger partial charge in [0.05, 0.1) is 0 Å². The van der Waals surface area contributed by atoms with E-state index in [1.807, 2.05) is 18.0 Å². The Hall–Kier alpha value is -1.52. The van der Waals surface area contributed by atoms with Crippen LogP contribution >= 0.6 is 0 Å². The molecule has 0 spiro atoms. The average molecular weight is 308 g/mol. The molecule has 0 aromatic carbocycles. The number of likely N-dealkylation sites (tertiary alicyclic amines) is 1. The number of hydrogen-bond donors (Lipinski definition) is 1. The van der Waals surface area contributed by atoms with Crippen LogP contribution in [0.2, 0.25) is 0 Å². The number of allylic oxidation sites excluding steroid dienone is 1. The van der Waals surface area contributed by atoms with Crippen LogP contribution in [0.15, 0.2) is 17.6 Å². The van der Waals surface area contributed by atoms with Gasteiger partial charge in [0.25, 0.3) is 0 Å². The van der Waals surface area contributed by atoms with Gasteiger partial charge >= 0.3 is 0 Å². The zero-order valence-corrected chi connectivity index (χ0v) is 14.3. The van der Waals surface area contributed by atoms with Crippen molar-refractivity contribution in [1.82, 2.24) is 15.1 Å². The van der Waals surface area contributed by atoms with E-state index in [9.17, 15) is 4.79 Å².